The Kier molecular flexibility index (Phi) is 4.79. The average Bonchev–Trinajstić information content (AvgIpc) is 2.09. The predicted molar refractivity (Wildman–Crippen MR) is 52.6 cm³/mol. The van der Waals surface area contributed by atoms with Crippen LogP contribution >= 0.6 is 12.4 Å². The zero-order valence-corrected chi connectivity index (χ0v) is 7.89. The summed E-state index contributed by atoms with van der Waals surface area (Å²) in [6.07, 6.45) is 1.60. The van der Waals surface area contributed by atoms with Crippen LogP contribution in [0.4, 0.5) is 10.6 Å². The molecule has 0 atom stereocenters. The van der Waals surface area contributed by atoms with Crippen LogP contribution in [-0.4, -0.2) is 11.0 Å². The number of carbonyl (C=O) groups excluding carboxylic acids is 1. The smallest absolute Gasteiger partial charge is 0.291 e. The van der Waals surface area contributed by atoms with Crippen molar-refractivity contribution in [2.75, 3.05) is 5.32 Å². The molecule has 1 aromatic heterocycles. The SMILES string of the molecule is Cc1cccnc1NC(=O)NN.Cl. The third kappa shape index (κ3) is 3.27. The van der Waals surface area contributed by atoms with Gasteiger partial charge < -0.3 is 0 Å². The first-order valence-electron chi connectivity index (χ1n) is 3.43. The fraction of sp³-hybridized carbons (Fsp3) is 0.143. The van der Waals surface area contributed by atoms with Crippen LogP contribution in [0.5, 0.6) is 0 Å². The lowest BCUT2D eigenvalue weighted by atomic mass is 10.3. The summed E-state index contributed by atoms with van der Waals surface area (Å²) in [4.78, 5) is 14.7. The maximum absolute atomic E-state index is 10.7. The summed E-state index contributed by atoms with van der Waals surface area (Å²) in [5.41, 5.74) is 2.84. The van der Waals surface area contributed by atoms with E-state index in [4.69, 9.17) is 5.84 Å². The zero-order valence-electron chi connectivity index (χ0n) is 7.07. The van der Waals surface area contributed by atoms with E-state index in [1.807, 2.05) is 18.4 Å². The molecule has 0 aliphatic heterocycles. The first-order valence-corrected chi connectivity index (χ1v) is 3.43. The molecule has 0 fully saturated rings. The number of anilines is 1. The van der Waals surface area contributed by atoms with Crippen LogP contribution in [0, 0.1) is 6.92 Å². The first kappa shape index (κ1) is 11.7. The third-order valence-corrected chi connectivity index (χ3v) is 1.37. The number of urea groups is 1. The molecule has 1 heterocycles. The van der Waals surface area contributed by atoms with E-state index >= 15 is 0 Å². The number of rotatable bonds is 1. The van der Waals surface area contributed by atoms with E-state index in [2.05, 4.69) is 10.3 Å². The number of hydrogen-bond donors (Lipinski definition) is 3. The van der Waals surface area contributed by atoms with Crippen molar-refractivity contribution in [3.05, 3.63) is 23.9 Å². The van der Waals surface area contributed by atoms with Crippen molar-refractivity contribution in [3.8, 4) is 0 Å². The molecule has 0 spiro atoms. The van der Waals surface area contributed by atoms with Crippen LogP contribution < -0.4 is 16.6 Å². The standard InChI is InChI=1S/C7H10N4O.ClH/c1-5-3-2-4-9-6(5)10-7(12)11-8;/h2-4H,8H2,1H3,(H2,9,10,11,12);1H. The maximum atomic E-state index is 10.7. The molecule has 1 rings (SSSR count). The summed E-state index contributed by atoms with van der Waals surface area (Å²) in [6.45, 7) is 1.85. The highest BCUT2D eigenvalue weighted by Crippen LogP contribution is 2.07. The number of nitrogens with zero attached hydrogens (tertiary/aromatic N) is 1. The molecule has 0 saturated carbocycles. The van der Waals surface area contributed by atoms with Gasteiger partial charge in [-0.15, -0.1) is 12.4 Å². The van der Waals surface area contributed by atoms with E-state index in [-0.39, 0.29) is 12.4 Å². The molecule has 0 radical (unpaired) electrons. The summed E-state index contributed by atoms with van der Waals surface area (Å²) in [6, 6.07) is 3.16. The lowest BCUT2D eigenvalue weighted by molar-refractivity contribution is 0.252. The number of aromatic nitrogens is 1. The Labute approximate surface area is 82.1 Å². The molecule has 0 saturated heterocycles. The summed E-state index contributed by atoms with van der Waals surface area (Å²) in [5, 5.41) is 2.47. The minimum atomic E-state index is -0.475. The van der Waals surface area contributed by atoms with Crippen molar-refractivity contribution in [3.63, 3.8) is 0 Å². The van der Waals surface area contributed by atoms with Gasteiger partial charge in [0.25, 0.3) is 0 Å². The fourth-order valence-corrected chi connectivity index (χ4v) is 0.760. The molecule has 2 amide bonds. The van der Waals surface area contributed by atoms with E-state index in [0.717, 1.165) is 5.56 Å². The normalized spacial score (nSPS) is 8.46. The van der Waals surface area contributed by atoms with Gasteiger partial charge in [-0.1, -0.05) is 6.07 Å². The van der Waals surface area contributed by atoms with Gasteiger partial charge in [0.05, 0.1) is 0 Å². The second kappa shape index (κ2) is 5.34. The van der Waals surface area contributed by atoms with Gasteiger partial charge in [-0.2, -0.15) is 0 Å². The average molecular weight is 203 g/mol. The molecule has 6 heteroatoms. The molecule has 4 N–H and O–H groups in total. The van der Waals surface area contributed by atoms with Crippen LogP contribution in [0.1, 0.15) is 5.56 Å². The highest BCUT2D eigenvalue weighted by Gasteiger charge is 2.01. The monoisotopic (exact) mass is 202 g/mol. The second-order valence-corrected chi connectivity index (χ2v) is 2.27. The second-order valence-electron chi connectivity index (χ2n) is 2.27. The number of hydrazine groups is 1. The van der Waals surface area contributed by atoms with Crippen LogP contribution in [0.3, 0.4) is 0 Å². The molecule has 1 aromatic rings. The largest absolute Gasteiger partial charge is 0.334 e. The zero-order chi connectivity index (χ0) is 8.97. The van der Waals surface area contributed by atoms with Crippen molar-refractivity contribution in [2.24, 2.45) is 5.84 Å². The van der Waals surface area contributed by atoms with Crippen molar-refractivity contribution in [1.29, 1.82) is 0 Å². The van der Waals surface area contributed by atoms with Crippen molar-refractivity contribution >= 4 is 24.3 Å². The number of hydrogen-bond acceptors (Lipinski definition) is 3. The van der Waals surface area contributed by atoms with Crippen LogP contribution in [0.15, 0.2) is 18.3 Å². The van der Waals surface area contributed by atoms with Crippen molar-refractivity contribution in [1.82, 2.24) is 10.4 Å². The number of nitrogens with two attached hydrogens (primary N) is 1. The molecule has 0 bridgehead atoms. The highest BCUT2D eigenvalue weighted by molar-refractivity contribution is 5.88. The van der Waals surface area contributed by atoms with Gasteiger partial charge in [0.15, 0.2) is 0 Å². The minimum Gasteiger partial charge on any atom is -0.291 e. The first-order chi connectivity index (χ1) is 5.74. The Morgan fingerprint density at radius 2 is 2.31 bits per heavy atom. The summed E-state index contributed by atoms with van der Waals surface area (Å²) in [7, 11) is 0. The molecule has 0 aromatic carbocycles. The number of aryl methyl sites for hydroxylation is 1. The minimum absolute atomic E-state index is 0. The Morgan fingerprint density at radius 1 is 1.62 bits per heavy atom. The predicted octanol–water partition coefficient (Wildman–Crippen LogP) is 0.807. The Balaban J connectivity index is 0.00000144. The Morgan fingerprint density at radius 3 is 2.85 bits per heavy atom. The van der Waals surface area contributed by atoms with Crippen LogP contribution in [0.25, 0.3) is 0 Å². The van der Waals surface area contributed by atoms with Gasteiger partial charge >= 0.3 is 6.03 Å². The number of halogens is 1. The Bertz CT molecular complexity index is 292. The molecular formula is C7H11ClN4O. The molecule has 5 nitrogen and oxygen atoms in total. The van der Waals surface area contributed by atoms with Gasteiger partial charge in [0.1, 0.15) is 5.82 Å². The van der Waals surface area contributed by atoms with Gasteiger partial charge in [0, 0.05) is 6.20 Å². The van der Waals surface area contributed by atoms with Gasteiger partial charge in [-0.05, 0) is 18.6 Å². The number of pyridine rings is 1. The summed E-state index contributed by atoms with van der Waals surface area (Å²) < 4.78 is 0. The molecule has 13 heavy (non-hydrogen) atoms. The quantitative estimate of drug-likeness (QED) is 0.358. The molecule has 0 unspecified atom stereocenters. The number of nitrogens with one attached hydrogen (secondary N) is 2. The van der Waals surface area contributed by atoms with E-state index < -0.39 is 6.03 Å². The maximum Gasteiger partial charge on any atom is 0.334 e. The lowest BCUT2D eigenvalue weighted by Gasteiger charge is -2.04. The number of carbonyl (C=O) groups is 1. The fourth-order valence-electron chi connectivity index (χ4n) is 0.760. The van der Waals surface area contributed by atoms with Crippen LogP contribution in [0.2, 0.25) is 0 Å². The topological polar surface area (TPSA) is 80.0 Å². The number of amides is 2. The van der Waals surface area contributed by atoms with Crippen molar-refractivity contribution in [2.45, 2.75) is 6.92 Å². The van der Waals surface area contributed by atoms with E-state index in [9.17, 15) is 4.79 Å². The van der Waals surface area contributed by atoms with Gasteiger partial charge in [-0.3, -0.25) is 10.7 Å². The summed E-state index contributed by atoms with van der Waals surface area (Å²) in [5.74, 6) is 5.39. The van der Waals surface area contributed by atoms with Gasteiger partial charge in [-0.25, -0.2) is 15.6 Å². The lowest BCUT2D eigenvalue weighted by Crippen LogP contribution is -2.34. The van der Waals surface area contributed by atoms with E-state index in [1.54, 1.807) is 12.3 Å². The molecule has 72 valence electrons. The molecule has 0 aliphatic carbocycles. The van der Waals surface area contributed by atoms with E-state index in [1.165, 1.54) is 0 Å². The van der Waals surface area contributed by atoms with Gasteiger partial charge in [0.2, 0.25) is 0 Å². The Hall–Kier alpha value is -1.33. The molecular weight excluding hydrogens is 192 g/mol. The van der Waals surface area contributed by atoms with Crippen LogP contribution in [-0.2, 0) is 0 Å². The van der Waals surface area contributed by atoms with Crippen molar-refractivity contribution < 1.29 is 4.79 Å². The van der Waals surface area contributed by atoms with E-state index in [0.29, 0.717) is 5.82 Å². The molecule has 0 aliphatic rings. The third-order valence-electron chi connectivity index (χ3n) is 1.37. The summed E-state index contributed by atoms with van der Waals surface area (Å²) >= 11 is 0. The highest BCUT2D eigenvalue weighted by atomic mass is 35.5.